The SMILES string of the molecule is C=CC(=O)NC1CCCCC1Nc1ncc2c(n1)N(Cc1ccn(C)n1)C(=O)N(c1c(Cl)c(OC)cc(OC)c1Cl)C2. The number of rotatable bonds is 9. The van der Waals surface area contributed by atoms with Crippen LogP contribution in [0, 0.1) is 0 Å². The Morgan fingerprint density at radius 2 is 1.86 bits per heavy atom. The van der Waals surface area contributed by atoms with E-state index in [4.69, 9.17) is 37.7 Å². The van der Waals surface area contributed by atoms with Gasteiger partial charge in [-0.25, -0.2) is 9.78 Å². The van der Waals surface area contributed by atoms with E-state index in [9.17, 15) is 9.59 Å². The molecule has 1 aliphatic heterocycles. The van der Waals surface area contributed by atoms with Crippen LogP contribution in [0.2, 0.25) is 10.0 Å². The number of ether oxygens (including phenoxy) is 2. The van der Waals surface area contributed by atoms with Crippen molar-refractivity contribution in [2.45, 2.75) is 50.9 Å². The molecule has 1 aliphatic carbocycles. The van der Waals surface area contributed by atoms with Crippen LogP contribution in [0.4, 0.5) is 22.2 Å². The molecule has 0 saturated heterocycles. The first-order chi connectivity index (χ1) is 20.2. The normalized spacial score (nSPS) is 18.4. The van der Waals surface area contributed by atoms with Crippen LogP contribution < -0.4 is 29.9 Å². The molecule has 2 aliphatic rings. The van der Waals surface area contributed by atoms with Gasteiger partial charge in [0.1, 0.15) is 27.4 Å². The Hall–Kier alpha value is -4.03. The van der Waals surface area contributed by atoms with Crippen LogP contribution >= 0.6 is 23.2 Å². The summed E-state index contributed by atoms with van der Waals surface area (Å²) in [4.78, 5) is 38.6. The topological polar surface area (TPSA) is 127 Å². The van der Waals surface area contributed by atoms with Crippen molar-refractivity contribution in [3.05, 3.63) is 58.5 Å². The summed E-state index contributed by atoms with van der Waals surface area (Å²) in [6, 6.07) is 2.81. The number of nitrogens with one attached hydrogen (secondary N) is 2. The fourth-order valence-corrected chi connectivity index (χ4v) is 6.01. The molecule has 2 aromatic heterocycles. The highest BCUT2D eigenvalue weighted by Crippen LogP contribution is 2.48. The molecule has 0 spiro atoms. The Morgan fingerprint density at radius 3 is 2.48 bits per heavy atom. The molecule has 0 bridgehead atoms. The van der Waals surface area contributed by atoms with E-state index in [0.717, 1.165) is 25.7 Å². The molecule has 42 heavy (non-hydrogen) atoms. The molecule has 14 heteroatoms. The van der Waals surface area contributed by atoms with Crippen molar-refractivity contribution in [3.8, 4) is 11.5 Å². The maximum atomic E-state index is 14.2. The van der Waals surface area contributed by atoms with Crippen molar-refractivity contribution < 1.29 is 19.1 Å². The third-order valence-electron chi connectivity index (χ3n) is 7.39. The fourth-order valence-electron chi connectivity index (χ4n) is 5.31. The average Bonchev–Trinajstić information content (AvgIpc) is 3.40. The van der Waals surface area contributed by atoms with E-state index in [1.807, 2.05) is 6.07 Å². The number of aromatic nitrogens is 4. The van der Waals surface area contributed by atoms with Crippen LogP contribution in [0.15, 0.2) is 37.2 Å². The molecule has 1 saturated carbocycles. The minimum atomic E-state index is -0.411. The monoisotopic (exact) mass is 614 g/mol. The number of fused-ring (bicyclic) bond motifs is 1. The van der Waals surface area contributed by atoms with Gasteiger partial charge in [0.2, 0.25) is 11.9 Å². The van der Waals surface area contributed by atoms with Crippen LogP contribution in [0.3, 0.4) is 0 Å². The van der Waals surface area contributed by atoms with Gasteiger partial charge in [0.05, 0.1) is 38.7 Å². The predicted molar refractivity (Wildman–Crippen MR) is 161 cm³/mol. The van der Waals surface area contributed by atoms with E-state index in [2.05, 4.69) is 27.3 Å². The average molecular weight is 616 g/mol. The van der Waals surface area contributed by atoms with Gasteiger partial charge in [0.15, 0.2) is 0 Å². The quantitative estimate of drug-likeness (QED) is 0.332. The first-order valence-electron chi connectivity index (χ1n) is 13.5. The highest BCUT2D eigenvalue weighted by Gasteiger charge is 2.37. The summed E-state index contributed by atoms with van der Waals surface area (Å²) < 4.78 is 12.5. The molecular formula is C28H32Cl2N8O4. The molecule has 222 valence electrons. The molecule has 12 nitrogen and oxygen atoms in total. The highest BCUT2D eigenvalue weighted by molar-refractivity contribution is 6.42. The van der Waals surface area contributed by atoms with Gasteiger partial charge in [0, 0.05) is 43.2 Å². The summed E-state index contributed by atoms with van der Waals surface area (Å²) in [6.45, 7) is 3.79. The maximum Gasteiger partial charge on any atom is 0.330 e. The molecule has 5 rings (SSSR count). The lowest BCUT2D eigenvalue weighted by atomic mass is 9.90. The smallest absolute Gasteiger partial charge is 0.330 e. The zero-order chi connectivity index (χ0) is 30.0. The van der Waals surface area contributed by atoms with Gasteiger partial charge in [-0.05, 0) is 25.0 Å². The van der Waals surface area contributed by atoms with Crippen LogP contribution in [-0.4, -0.2) is 58.0 Å². The molecule has 3 heterocycles. The van der Waals surface area contributed by atoms with Crippen molar-refractivity contribution in [2.24, 2.45) is 7.05 Å². The minimum Gasteiger partial charge on any atom is -0.495 e. The van der Waals surface area contributed by atoms with Crippen LogP contribution in [-0.2, 0) is 24.9 Å². The zero-order valence-electron chi connectivity index (χ0n) is 23.6. The summed E-state index contributed by atoms with van der Waals surface area (Å²) in [5.74, 6) is 1.18. The Kier molecular flexibility index (Phi) is 8.74. The molecule has 3 aromatic rings. The number of hydrogen-bond acceptors (Lipinski definition) is 8. The Morgan fingerprint density at radius 1 is 1.17 bits per heavy atom. The molecule has 2 unspecified atom stereocenters. The molecule has 1 fully saturated rings. The second-order valence-electron chi connectivity index (χ2n) is 10.1. The van der Waals surface area contributed by atoms with Gasteiger partial charge in [-0.3, -0.25) is 19.3 Å². The lowest BCUT2D eigenvalue weighted by Gasteiger charge is -2.37. The lowest BCUT2D eigenvalue weighted by molar-refractivity contribution is -0.117. The molecule has 3 amide bonds. The van der Waals surface area contributed by atoms with Crippen molar-refractivity contribution >= 4 is 52.6 Å². The number of carbonyl (C=O) groups excluding carboxylic acids is 2. The van der Waals surface area contributed by atoms with Gasteiger partial charge < -0.3 is 20.1 Å². The molecule has 1 aromatic carbocycles. The largest absolute Gasteiger partial charge is 0.495 e. The first-order valence-corrected chi connectivity index (χ1v) is 14.2. The number of carbonyl (C=O) groups is 2. The minimum absolute atomic E-state index is 0.0809. The van der Waals surface area contributed by atoms with Crippen LogP contribution in [0.5, 0.6) is 11.5 Å². The number of anilines is 3. The van der Waals surface area contributed by atoms with E-state index in [1.54, 1.807) is 30.2 Å². The fraction of sp³-hybridized carbons (Fsp3) is 0.393. The summed E-state index contributed by atoms with van der Waals surface area (Å²) in [5, 5.41) is 11.2. The summed E-state index contributed by atoms with van der Waals surface area (Å²) in [7, 11) is 4.75. The number of nitrogens with zero attached hydrogens (tertiary/aromatic N) is 6. The number of halogens is 2. The number of methoxy groups -OCH3 is 2. The molecule has 2 atom stereocenters. The molecule has 0 radical (unpaired) electrons. The molecular weight excluding hydrogens is 583 g/mol. The lowest BCUT2D eigenvalue weighted by Crippen LogP contribution is -2.49. The molecule has 2 N–H and O–H groups in total. The van der Waals surface area contributed by atoms with Gasteiger partial charge in [-0.15, -0.1) is 0 Å². The van der Waals surface area contributed by atoms with Gasteiger partial charge in [-0.2, -0.15) is 10.1 Å². The number of urea groups is 1. The van der Waals surface area contributed by atoms with E-state index in [1.165, 1.54) is 30.1 Å². The second kappa shape index (κ2) is 12.5. The van der Waals surface area contributed by atoms with E-state index >= 15 is 0 Å². The van der Waals surface area contributed by atoms with Crippen LogP contribution in [0.25, 0.3) is 0 Å². The summed E-state index contributed by atoms with van der Waals surface area (Å²) in [6.07, 6.45) is 8.42. The van der Waals surface area contributed by atoms with Crippen molar-refractivity contribution in [3.63, 3.8) is 0 Å². The van der Waals surface area contributed by atoms with Gasteiger partial charge in [-0.1, -0.05) is 42.6 Å². The van der Waals surface area contributed by atoms with E-state index in [0.29, 0.717) is 34.5 Å². The zero-order valence-corrected chi connectivity index (χ0v) is 25.1. The van der Waals surface area contributed by atoms with Crippen molar-refractivity contribution in [2.75, 3.05) is 29.3 Å². The summed E-state index contributed by atoms with van der Waals surface area (Å²) >= 11 is 13.4. The predicted octanol–water partition coefficient (Wildman–Crippen LogP) is 4.71. The maximum absolute atomic E-state index is 14.2. The van der Waals surface area contributed by atoms with Crippen molar-refractivity contribution in [1.82, 2.24) is 25.1 Å². The Labute approximate surface area is 253 Å². The Balaban J connectivity index is 1.53. The standard InChI is InChI=1S/C28H32Cl2N8O4/c1-5-22(39)32-18-8-6-7-9-19(18)33-27-31-13-16-14-37(25-23(29)20(41-3)12-21(42-4)24(25)30)28(40)38(26(16)34-27)15-17-10-11-36(2)35-17/h5,10-13,18-19H,1,6-9,14-15H2,2-4H3,(H,32,39)(H,31,33,34). The number of hydrogen-bond donors (Lipinski definition) is 2. The third-order valence-corrected chi connectivity index (χ3v) is 8.12. The Bertz CT molecular complexity index is 1490. The third kappa shape index (κ3) is 5.82. The van der Waals surface area contributed by atoms with Gasteiger partial charge >= 0.3 is 6.03 Å². The van der Waals surface area contributed by atoms with E-state index < -0.39 is 6.03 Å². The highest BCUT2D eigenvalue weighted by atomic mass is 35.5. The number of aryl methyl sites for hydroxylation is 1. The van der Waals surface area contributed by atoms with Crippen molar-refractivity contribution in [1.29, 1.82) is 0 Å². The summed E-state index contributed by atoms with van der Waals surface area (Å²) in [5.41, 5.74) is 1.58. The number of amides is 3. The van der Waals surface area contributed by atoms with E-state index in [-0.39, 0.29) is 46.8 Å². The van der Waals surface area contributed by atoms with Crippen LogP contribution in [0.1, 0.15) is 36.9 Å². The number of benzene rings is 1. The second-order valence-corrected chi connectivity index (χ2v) is 10.8. The van der Waals surface area contributed by atoms with Gasteiger partial charge in [0.25, 0.3) is 0 Å². The first kappa shape index (κ1) is 29.5.